The molecular formula is C25H32N4O3. The average Bonchev–Trinajstić information content (AvgIpc) is 3.30. The van der Waals surface area contributed by atoms with E-state index >= 15 is 0 Å². The molecule has 0 unspecified atom stereocenters. The summed E-state index contributed by atoms with van der Waals surface area (Å²) < 4.78 is 18.2. The molecule has 7 nitrogen and oxygen atoms in total. The first-order chi connectivity index (χ1) is 15.7. The Balaban J connectivity index is 0.000000860. The Labute approximate surface area is 190 Å². The first-order valence-corrected chi connectivity index (χ1v) is 10.7. The molecule has 0 saturated carbocycles. The maximum atomic E-state index is 5.40. The number of fused-ring (bicyclic) bond motifs is 1. The van der Waals surface area contributed by atoms with Crippen LogP contribution in [-0.4, -0.2) is 35.9 Å². The molecule has 2 aromatic carbocycles. The summed E-state index contributed by atoms with van der Waals surface area (Å²) in [4.78, 5) is 8.97. The summed E-state index contributed by atoms with van der Waals surface area (Å²) >= 11 is 0. The number of benzene rings is 2. The van der Waals surface area contributed by atoms with Crippen molar-refractivity contribution >= 4 is 22.5 Å². The van der Waals surface area contributed by atoms with Crippen LogP contribution in [0.3, 0.4) is 0 Å². The highest BCUT2D eigenvalue weighted by Crippen LogP contribution is 2.40. The van der Waals surface area contributed by atoms with Crippen molar-refractivity contribution in [3.63, 3.8) is 0 Å². The second-order valence-electron chi connectivity index (χ2n) is 6.02. The Morgan fingerprint density at radius 1 is 0.812 bits per heavy atom. The molecule has 0 aliphatic rings. The van der Waals surface area contributed by atoms with Gasteiger partial charge in [0.1, 0.15) is 5.82 Å². The number of nitrogens with one attached hydrogen (secondary N) is 1. The first-order valence-electron chi connectivity index (χ1n) is 10.7. The number of rotatable bonds is 6. The number of methoxy groups -OCH3 is 3. The normalized spacial score (nSPS) is 9.72. The smallest absolute Gasteiger partial charge is 0.229 e. The molecule has 0 spiro atoms. The summed E-state index contributed by atoms with van der Waals surface area (Å²) in [6.45, 7) is 8.00. The van der Waals surface area contributed by atoms with E-state index in [9.17, 15) is 0 Å². The van der Waals surface area contributed by atoms with Gasteiger partial charge in [-0.25, -0.2) is 4.98 Å². The van der Waals surface area contributed by atoms with E-state index in [1.54, 1.807) is 27.5 Å². The monoisotopic (exact) mass is 436 g/mol. The van der Waals surface area contributed by atoms with Crippen LogP contribution in [0.1, 0.15) is 27.7 Å². The largest absolute Gasteiger partial charge is 0.493 e. The average molecular weight is 437 g/mol. The second kappa shape index (κ2) is 12.2. The molecule has 170 valence electrons. The van der Waals surface area contributed by atoms with Crippen LogP contribution in [0.2, 0.25) is 0 Å². The van der Waals surface area contributed by atoms with Crippen LogP contribution in [-0.2, 0) is 0 Å². The topological polar surface area (TPSA) is 70.4 Å². The molecule has 0 amide bonds. The van der Waals surface area contributed by atoms with Crippen LogP contribution in [0.5, 0.6) is 17.2 Å². The van der Waals surface area contributed by atoms with E-state index in [-0.39, 0.29) is 0 Å². The van der Waals surface area contributed by atoms with E-state index in [0.29, 0.717) is 23.2 Å². The van der Waals surface area contributed by atoms with Crippen molar-refractivity contribution in [2.45, 2.75) is 27.7 Å². The third kappa shape index (κ3) is 5.29. The van der Waals surface area contributed by atoms with Gasteiger partial charge in [-0.05, 0) is 23.6 Å². The first kappa shape index (κ1) is 24.5. The fraction of sp³-hybridized carbons (Fsp3) is 0.280. The van der Waals surface area contributed by atoms with E-state index in [1.807, 2.05) is 68.8 Å². The third-order valence-electron chi connectivity index (χ3n) is 4.41. The van der Waals surface area contributed by atoms with Crippen molar-refractivity contribution in [1.82, 2.24) is 14.5 Å². The lowest BCUT2D eigenvalue weighted by Gasteiger charge is -2.15. The Morgan fingerprint density at radius 2 is 1.47 bits per heavy atom. The SMILES string of the molecule is CC.CC.COc1cc(Nc2nccc(-n3ccc4ccccc43)n2)cc(OC)c1OC. The summed E-state index contributed by atoms with van der Waals surface area (Å²) in [5.74, 6) is 2.87. The van der Waals surface area contributed by atoms with Gasteiger partial charge in [0.15, 0.2) is 11.5 Å². The molecule has 0 aliphatic carbocycles. The maximum Gasteiger partial charge on any atom is 0.229 e. The maximum absolute atomic E-state index is 5.40. The molecule has 7 heteroatoms. The summed E-state index contributed by atoms with van der Waals surface area (Å²) in [6.07, 6.45) is 3.72. The lowest BCUT2D eigenvalue weighted by Crippen LogP contribution is -2.03. The zero-order chi connectivity index (χ0) is 23.5. The predicted octanol–water partition coefficient (Wildman–Crippen LogP) is 6.24. The molecule has 4 rings (SSSR count). The minimum Gasteiger partial charge on any atom is -0.493 e. The summed E-state index contributed by atoms with van der Waals surface area (Å²) in [6, 6.07) is 15.7. The van der Waals surface area contributed by atoms with Crippen molar-refractivity contribution in [2.75, 3.05) is 26.6 Å². The number of aromatic nitrogens is 3. The van der Waals surface area contributed by atoms with Crippen LogP contribution in [0.25, 0.3) is 16.7 Å². The molecule has 2 aromatic heterocycles. The Hall–Kier alpha value is -3.74. The zero-order valence-corrected chi connectivity index (χ0v) is 19.8. The molecule has 0 radical (unpaired) electrons. The number of ether oxygens (including phenoxy) is 3. The van der Waals surface area contributed by atoms with Crippen LogP contribution in [0, 0.1) is 0 Å². The fourth-order valence-electron chi connectivity index (χ4n) is 3.11. The van der Waals surface area contributed by atoms with Gasteiger partial charge >= 0.3 is 0 Å². The van der Waals surface area contributed by atoms with Crippen LogP contribution in [0.4, 0.5) is 11.6 Å². The Morgan fingerprint density at radius 3 is 2.09 bits per heavy atom. The molecule has 0 fully saturated rings. The summed E-state index contributed by atoms with van der Waals surface area (Å²) in [5, 5.41) is 4.36. The van der Waals surface area contributed by atoms with E-state index in [2.05, 4.69) is 33.5 Å². The molecule has 0 atom stereocenters. The highest BCUT2D eigenvalue weighted by Gasteiger charge is 2.14. The lowest BCUT2D eigenvalue weighted by atomic mass is 10.2. The van der Waals surface area contributed by atoms with Gasteiger partial charge in [-0.15, -0.1) is 0 Å². The quantitative estimate of drug-likeness (QED) is 0.386. The number of anilines is 2. The molecule has 1 N–H and O–H groups in total. The van der Waals surface area contributed by atoms with Gasteiger partial charge in [-0.3, -0.25) is 0 Å². The summed E-state index contributed by atoms with van der Waals surface area (Å²) in [5.41, 5.74) is 1.81. The van der Waals surface area contributed by atoms with E-state index < -0.39 is 0 Å². The van der Waals surface area contributed by atoms with Gasteiger partial charge < -0.3 is 24.1 Å². The lowest BCUT2D eigenvalue weighted by molar-refractivity contribution is 0.324. The van der Waals surface area contributed by atoms with Crippen LogP contribution in [0.15, 0.2) is 60.9 Å². The van der Waals surface area contributed by atoms with Gasteiger partial charge in [0.05, 0.1) is 26.8 Å². The highest BCUT2D eigenvalue weighted by atomic mass is 16.5. The zero-order valence-electron chi connectivity index (χ0n) is 19.8. The van der Waals surface area contributed by atoms with Crippen molar-refractivity contribution in [1.29, 1.82) is 0 Å². The van der Waals surface area contributed by atoms with Crippen molar-refractivity contribution in [2.24, 2.45) is 0 Å². The predicted molar refractivity (Wildman–Crippen MR) is 131 cm³/mol. The number of hydrogen-bond donors (Lipinski definition) is 1. The van der Waals surface area contributed by atoms with Gasteiger partial charge in [-0.1, -0.05) is 45.9 Å². The highest BCUT2D eigenvalue weighted by molar-refractivity contribution is 5.81. The van der Waals surface area contributed by atoms with Gasteiger partial charge in [-0.2, -0.15) is 4.98 Å². The fourth-order valence-corrected chi connectivity index (χ4v) is 3.11. The number of para-hydroxylation sites is 1. The summed E-state index contributed by atoms with van der Waals surface area (Å²) in [7, 11) is 4.73. The molecule has 32 heavy (non-hydrogen) atoms. The van der Waals surface area contributed by atoms with Gasteiger partial charge in [0, 0.05) is 30.2 Å². The van der Waals surface area contributed by atoms with Crippen molar-refractivity contribution < 1.29 is 14.2 Å². The Kier molecular flexibility index (Phi) is 9.35. The van der Waals surface area contributed by atoms with Gasteiger partial charge in [0.25, 0.3) is 0 Å². The van der Waals surface area contributed by atoms with E-state index in [1.165, 1.54) is 0 Å². The Bertz CT molecular complexity index is 1100. The van der Waals surface area contributed by atoms with Crippen molar-refractivity contribution in [3.8, 4) is 23.1 Å². The molecule has 4 aromatic rings. The van der Waals surface area contributed by atoms with Crippen LogP contribution >= 0.6 is 0 Å². The minimum absolute atomic E-state index is 0.463. The van der Waals surface area contributed by atoms with Crippen molar-refractivity contribution in [3.05, 3.63) is 60.9 Å². The van der Waals surface area contributed by atoms with Crippen LogP contribution < -0.4 is 19.5 Å². The number of hydrogen-bond acceptors (Lipinski definition) is 6. The molecule has 2 heterocycles. The molecule has 0 saturated heterocycles. The van der Waals surface area contributed by atoms with E-state index in [4.69, 9.17) is 14.2 Å². The third-order valence-corrected chi connectivity index (χ3v) is 4.41. The molecular weight excluding hydrogens is 404 g/mol. The number of nitrogens with zero attached hydrogens (tertiary/aromatic N) is 3. The molecule has 0 bridgehead atoms. The molecule has 0 aliphatic heterocycles. The van der Waals surface area contributed by atoms with E-state index in [0.717, 1.165) is 22.4 Å². The van der Waals surface area contributed by atoms with Gasteiger partial charge in [0.2, 0.25) is 11.7 Å². The second-order valence-corrected chi connectivity index (χ2v) is 6.02. The standard InChI is InChI=1S/C21H20N4O3.2C2H6/c1-26-17-12-15(13-18(27-2)20(17)28-3)23-21-22-10-8-19(24-21)25-11-9-14-6-4-5-7-16(14)25;2*1-2/h4-13H,1-3H3,(H,22,23,24);2*1-2H3. The minimum atomic E-state index is 0.463.